The van der Waals surface area contributed by atoms with E-state index in [-0.39, 0.29) is 42.7 Å². The molecule has 2 unspecified atom stereocenters. The second-order valence-corrected chi connectivity index (χ2v) is 12.5. The summed E-state index contributed by atoms with van der Waals surface area (Å²) in [5, 5.41) is 10.8. The zero-order chi connectivity index (χ0) is 27.8. The van der Waals surface area contributed by atoms with Crippen LogP contribution in [0.15, 0.2) is 43.5 Å². The minimum atomic E-state index is -0.867. The average molecular weight is 561 g/mol. The van der Waals surface area contributed by atoms with Gasteiger partial charge in [0.1, 0.15) is 12.6 Å². The molecule has 4 rings (SSSR count). The van der Waals surface area contributed by atoms with Gasteiger partial charge >= 0.3 is 5.97 Å². The molecule has 3 aliphatic rings. The molecule has 7 nitrogen and oxygen atoms in total. The molecular weight excluding hydrogens is 524 g/mol. The van der Waals surface area contributed by atoms with Gasteiger partial charge in [0.2, 0.25) is 5.91 Å². The first kappa shape index (κ1) is 28.7. The maximum Gasteiger partial charge on any atom is 0.311 e. The van der Waals surface area contributed by atoms with Gasteiger partial charge in [0.15, 0.2) is 0 Å². The van der Waals surface area contributed by atoms with Crippen molar-refractivity contribution in [1.29, 1.82) is 0 Å². The molecule has 1 N–H and O–H groups in total. The lowest BCUT2D eigenvalue weighted by Gasteiger charge is -2.41. The molecule has 206 valence electrons. The van der Waals surface area contributed by atoms with E-state index in [1.807, 2.05) is 32.9 Å². The van der Waals surface area contributed by atoms with Crippen LogP contribution in [0.2, 0.25) is 5.02 Å². The molecule has 9 heteroatoms. The van der Waals surface area contributed by atoms with Crippen LogP contribution in [0.3, 0.4) is 0 Å². The summed E-state index contributed by atoms with van der Waals surface area (Å²) in [5.74, 6) is -2.36. The zero-order valence-corrected chi connectivity index (χ0v) is 23.8. The fourth-order valence-electron chi connectivity index (χ4n) is 6.58. The van der Waals surface area contributed by atoms with Crippen LogP contribution in [0.4, 0.5) is 5.69 Å². The van der Waals surface area contributed by atoms with E-state index >= 15 is 0 Å². The Labute approximate surface area is 234 Å². The van der Waals surface area contributed by atoms with Crippen molar-refractivity contribution in [2.75, 3.05) is 24.7 Å². The molecule has 0 saturated carbocycles. The molecule has 1 spiro atoms. The highest BCUT2D eigenvalue weighted by Gasteiger charge is 2.75. The molecular formula is C29H37ClN2O5S. The summed E-state index contributed by atoms with van der Waals surface area (Å²) in [6, 6.07) is 4.03. The highest BCUT2D eigenvalue weighted by Crippen LogP contribution is 2.67. The minimum absolute atomic E-state index is 0.0576. The first-order chi connectivity index (χ1) is 18.2. The van der Waals surface area contributed by atoms with Gasteiger partial charge in [-0.05, 0) is 37.3 Å². The first-order valence-electron chi connectivity index (χ1n) is 13.2. The van der Waals surface area contributed by atoms with Gasteiger partial charge in [-0.3, -0.25) is 14.4 Å². The number of amides is 2. The molecule has 3 saturated heterocycles. The van der Waals surface area contributed by atoms with Crippen LogP contribution in [0.25, 0.3) is 0 Å². The van der Waals surface area contributed by atoms with E-state index < -0.39 is 34.6 Å². The molecule has 2 amide bonds. The predicted octanol–water partition coefficient (Wildman–Crippen LogP) is 4.39. The number of carbonyl (C=O) groups excluding carboxylic acids is 3. The molecule has 38 heavy (non-hydrogen) atoms. The van der Waals surface area contributed by atoms with Crippen LogP contribution < -0.4 is 4.90 Å². The predicted molar refractivity (Wildman–Crippen MR) is 151 cm³/mol. The fourth-order valence-corrected chi connectivity index (χ4v) is 9.09. The normalized spacial score (nSPS) is 29.1. The number of hydrogen-bond acceptors (Lipinski definition) is 6. The SMILES string of the molecule is C=CCOC(=O)[C@@H]1[C@H]2C(=O)N([C@@H](CO)[C@@H](C)CC)C(C(=O)N(CC=C)c3c(C)cccc3Cl)C23CC[C@H]1S3. The van der Waals surface area contributed by atoms with Crippen LogP contribution in [-0.2, 0) is 19.1 Å². The quantitative estimate of drug-likeness (QED) is 0.319. The van der Waals surface area contributed by atoms with E-state index in [0.29, 0.717) is 30.0 Å². The molecule has 3 aliphatic heterocycles. The van der Waals surface area contributed by atoms with Crippen LogP contribution in [0.1, 0.15) is 38.7 Å². The fraction of sp³-hybridized carbons (Fsp3) is 0.552. The lowest BCUT2D eigenvalue weighted by atomic mass is 9.71. The number of likely N-dealkylation sites (tertiary alicyclic amines) is 1. The molecule has 2 bridgehead atoms. The van der Waals surface area contributed by atoms with E-state index in [4.69, 9.17) is 16.3 Å². The third kappa shape index (κ3) is 4.48. The van der Waals surface area contributed by atoms with E-state index in [9.17, 15) is 19.5 Å². The Bertz CT molecular complexity index is 1110. The van der Waals surface area contributed by atoms with Gasteiger partial charge in [-0.15, -0.1) is 18.3 Å². The van der Waals surface area contributed by atoms with Crippen LogP contribution >= 0.6 is 23.4 Å². The van der Waals surface area contributed by atoms with Gasteiger partial charge in [0.25, 0.3) is 5.91 Å². The zero-order valence-electron chi connectivity index (χ0n) is 22.3. The second-order valence-electron chi connectivity index (χ2n) is 10.5. The maximum absolute atomic E-state index is 14.7. The third-order valence-electron chi connectivity index (χ3n) is 8.47. The Morgan fingerprint density at radius 1 is 1.37 bits per heavy atom. The topological polar surface area (TPSA) is 87.1 Å². The summed E-state index contributed by atoms with van der Waals surface area (Å²) in [4.78, 5) is 45.4. The monoisotopic (exact) mass is 560 g/mol. The van der Waals surface area contributed by atoms with Gasteiger partial charge in [0, 0.05) is 11.8 Å². The van der Waals surface area contributed by atoms with E-state index in [1.54, 1.807) is 33.7 Å². The van der Waals surface area contributed by atoms with Crippen LogP contribution in [0.5, 0.6) is 0 Å². The van der Waals surface area contributed by atoms with Crippen molar-refractivity contribution < 1.29 is 24.2 Å². The van der Waals surface area contributed by atoms with Gasteiger partial charge in [-0.25, -0.2) is 0 Å². The Morgan fingerprint density at radius 3 is 2.71 bits per heavy atom. The van der Waals surface area contributed by atoms with Crippen molar-refractivity contribution in [3.63, 3.8) is 0 Å². The number of hydrogen-bond donors (Lipinski definition) is 1. The number of aliphatic hydroxyl groups is 1. The molecule has 3 heterocycles. The summed E-state index contributed by atoms with van der Waals surface area (Å²) >= 11 is 8.19. The van der Waals surface area contributed by atoms with Crippen molar-refractivity contribution in [3.05, 3.63) is 54.1 Å². The Morgan fingerprint density at radius 2 is 2.11 bits per heavy atom. The number of aryl methyl sites for hydroxylation is 1. The summed E-state index contributed by atoms with van der Waals surface area (Å²) in [6.45, 7) is 13.3. The molecule has 0 aromatic heterocycles. The molecule has 0 aliphatic carbocycles. The maximum atomic E-state index is 14.7. The first-order valence-corrected chi connectivity index (χ1v) is 14.5. The molecule has 1 aromatic carbocycles. The summed E-state index contributed by atoms with van der Waals surface area (Å²) in [6.07, 6.45) is 5.20. The third-order valence-corrected chi connectivity index (χ3v) is 10.7. The number of rotatable bonds is 11. The molecule has 3 fully saturated rings. The molecule has 0 radical (unpaired) electrons. The standard InChI is InChI=1S/C29H37ClN2O5S/c1-6-14-31(24-18(5)10-9-11-19(24)30)27(35)25-29-13-12-21(38-29)22(28(36)37-15-7-2)23(29)26(34)32(25)20(16-33)17(4)8-3/h6-7,9-11,17,20-23,25,33H,1-2,8,12-16H2,3-5H3/t17-,20-,21+,22-,23-,25?,29?/m0/s1. The number of anilines is 1. The number of ether oxygens (including phenoxy) is 1. The number of para-hydroxylation sites is 1. The summed E-state index contributed by atoms with van der Waals surface area (Å²) < 4.78 is 4.64. The number of fused-ring (bicyclic) bond motifs is 1. The van der Waals surface area contributed by atoms with Crippen LogP contribution in [0, 0.1) is 24.7 Å². The van der Waals surface area contributed by atoms with Gasteiger partial charge < -0.3 is 19.6 Å². The number of benzene rings is 1. The smallest absolute Gasteiger partial charge is 0.311 e. The van der Waals surface area contributed by atoms with Gasteiger partial charge in [-0.2, -0.15) is 0 Å². The van der Waals surface area contributed by atoms with Crippen LogP contribution in [-0.4, -0.2) is 69.6 Å². The molecule has 1 aromatic rings. The van der Waals surface area contributed by atoms with Crippen molar-refractivity contribution >= 4 is 46.8 Å². The number of esters is 1. The van der Waals surface area contributed by atoms with E-state index in [0.717, 1.165) is 5.56 Å². The number of carbonyl (C=O) groups is 3. The Kier molecular flexibility index (Phi) is 8.65. The average Bonchev–Trinajstić information content (AvgIpc) is 3.54. The lowest BCUT2D eigenvalue weighted by molar-refractivity contribution is -0.153. The van der Waals surface area contributed by atoms with Crippen molar-refractivity contribution in [2.24, 2.45) is 17.8 Å². The molecule has 7 atom stereocenters. The van der Waals surface area contributed by atoms with E-state index in [1.165, 1.54) is 6.08 Å². The largest absolute Gasteiger partial charge is 0.461 e. The summed E-state index contributed by atoms with van der Waals surface area (Å²) in [5.41, 5.74) is 1.41. The van der Waals surface area contributed by atoms with Gasteiger partial charge in [0.05, 0.1) is 39.9 Å². The van der Waals surface area contributed by atoms with Crippen molar-refractivity contribution in [3.8, 4) is 0 Å². The highest BCUT2D eigenvalue weighted by molar-refractivity contribution is 8.02. The summed E-state index contributed by atoms with van der Waals surface area (Å²) in [7, 11) is 0. The number of halogens is 1. The Hall–Kier alpha value is -2.29. The number of thioether (sulfide) groups is 1. The van der Waals surface area contributed by atoms with Crippen molar-refractivity contribution in [2.45, 2.75) is 62.1 Å². The minimum Gasteiger partial charge on any atom is -0.461 e. The van der Waals surface area contributed by atoms with Crippen molar-refractivity contribution in [1.82, 2.24) is 4.90 Å². The lowest BCUT2D eigenvalue weighted by Crippen LogP contribution is -2.59. The Balaban J connectivity index is 1.86. The second kappa shape index (κ2) is 11.4. The number of nitrogens with zero attached hydrogens (tertiary/aromatic N) is 2. The number of aliphatic hydroxyl groups excluding tert-OH is 1. The van der Waals surface area contributed by atoms with Gasteiger partial charge in [-0.1, -0.05) is 62.7 Å². The highest BCUT2D eigenvalue weighted by atomic mass is 35.5. The van der Waals surface area contributed by atoms with E-state index in [2.05, 4.69) is 13.2 Å².